The topological polar surface area (TPSA) is 45.4 Å². The van der Waals surface area contributed by atoms with E-state index in [1.807, 2.05) is 12.3 Å². The molecule has 0 saturated carbocycles. The number of hydrogen-bond acceptors (Lipinski definition) is 4. The highest BCUT2D eigenvalue weighted by Gasteiger charge is 2.20. The summed E-state index contributed by atoms with van der Waals surface area (Å²) in [6.45, 7) is 2.21. The Balaban J connectivity index is 1.96. The Morgan fingerprint density at radius 1 is 1.31 bits per heavy atom. The summed E-state index contributed by atoms with van der Waals surface area (Å²) in [6.07, 6.45) is 4.31. The van der Waals surface area contributed by atoms with E-state index in [1.54, 1.807) is 0 Å². The van der Waals surface area contributed by atoms with Gasteiger partial charge in [-0.1, -0.05) is 0 Å². The summed E-state index contributed by atoms with van der Waals surface area (Å²) >= 11 is 0. The minimum Gasteiger partial charge on any atom is -0.384 e. The van der Waals surface area contributed by atoms with Crippen LogP contribution in [0.3, 0.4) is 0 Å². The lowest BCUT2D eigenvalue weighted by Gasteiger charge is -2.36. The van der Waals surface area contributed by atoms with Crippen molar-refractivity contribution in [1.82, 2.24) is 9.88 Å². The van der Waals surface area contributed by atoms with Crippen LogP contribution in [0.15, 0.2) is 18.3 Å². The monoisotopic (exact) mass is 220 g/mol. The van der Waals surface area contributed by atoms with Crippen molar-refractivity contribution in [1.29, 1.82) is 0 Å². The van der Waals surface area contributed by atoms with Gasteiger partial charge in [-0.05, 0) is 39.1 Å². The Kier molecular flexibility index (Phi) is 3.29. The average molecular weight is 220 g/mol. The van der Waals surface area contributed by atoms with Gasteiger partial charge < -0.3 is 15.5 Å². The lowest BCUT2D eigenvalue weighted by molar-refractivity contribution is 0.249. The predicted molar refractivity (Wildman–Crippen MR) is 67.6 cm³/mol. The largest absolute Gasteiger partial charge is 0.384 e. The highest BCUT2D eigenvalue weighted by molar-refractivity contribution is 5.48. The molecule has 16 heavy (non-hydrogen) atoms. The standard InChI is InChI=1S/C12H20N4/c1-15(2)10-5-7-16(8-6-10)11-3-4-12(13)14-9-11/h3-4,9-10H,5-8H2,1-2H3,(H2,13,14). The first-order valence-electron chi connectivity index (χ1n) is 5.80. The van der Waals surface area contributed by atoms with Crippen LogP contribution in [0.2, 0.25) is 0 Å². The van der Waals surface area contributed by atoms with E-state index in [-0.39, 0.29) is 0 Å². The van der Waals surface area contributed by atoms with Crippen LogP contribution in [-0.2, 0) is 0 Å². The molecule has 1 fully saturated rings. The van der Waals surface area contributed by atoms with E-state index >= 15 is 0 Å². The molecular weight excluding hydrogens is 200 g/mol. The summed E-state index contributed by atoms with van der Waals surface area (Å²) in [5, 5.41) is 0. The molecule has 1 aromatic rings. The Labute approximate surface area is 97.1 Å². The maximum absolute atomic E-state index is 5.58. The van der Waals surface area contributed by atoms with Gasteiger partial charge in [0.05, 0.1) is 11.9 Å². The molecule has 0 amide bonds. The predicted octanol–water partition coefficient (Wildman–Crippen LogP) is 1.19. The van der Waals surface area contributed by atoms with Gasteiger partial charge in [0.15, 0.2) is 0 Å². The van der Waals surface area contributed by atoms with Gasteiger partial charge in [0.1, 0.15) is 5.82 Å². The third-order valence-electron chi connectivity index (χ3n) is 3.33. The fourth-order valence-electron chi connectivity index (χ4n) is 2.23. The van der Waals surface area contributed by atoms with Crippen LogP contribution in [0.5, 0.6) is 0 Å². The number of nitrogens with two attached hydrogens (primary N) is 1. The van der Waals surface area contributed by atoms with Crippen molar-refractivity contribution in [3.05, 3.63) is 18.3 Å². The van der Waals surface area contributed by atoms with Gasteiger partial charge in [0.2, 0.25) is 0 Å². The molecule has 0 aliphatic carbocycles. The molecule has 2 heterocycles. The maximum atomic E-state index is 5.58. The number of nitrogens with zero attached hydrogens (tertiary/aromatic N) is 3. The summed E-state index contributed by atoms with van der Waals surface area (Å²) in [5.41, 5.74) is 6.77. The first-order chi connectivity index (χ1) is 7.66. The third kappa shape index (κ3) is 2.44. The average Bonchev–Trinajstić information content (AvgIpc) is 2.30. The molecule has 1 aromatic heterocycles. The molecule has 0 atom stereocenters. The molecule has 4 heteroatoms. The number of pyridine rings is 1. The number of anilines is 2. The number of nitrogen functional groups attached to an aromatic ring is 1. The maximum Gasteiger partial charge on any atom is 0.123 e. The molecular formula is C12H20N4. The van der Waals surface area contributed by atoms with Crippen molar-refractivity contribution in [3.8, 4) is 0 Å². The fourth-order valence-corrected chi connectivity index (χ4v) is 2.23. The van der Waals surface area contributed by atoms with Crippen LogP contribution < -0.4 is 10.6 Å². The van der Waals surface area contributed by atoms with Gasteiger partial charge in [-0.15, -0.1) is 0 Å². The van der Waals surface area contributed by atoms with E-state index in [9.17, 15) is 0 Å². The Morgan fingerprint density at radius 3 is 2.50 bits per heavy atom. The summed E-state index contributed by atoms with van der Waals surface area (Å²) < 4.78 is 0. The van der Waals surface area contributed by atoms with Crippen LogP contribution >= 0.6 is 0 Å². The summed E-state index contributed by atoms with van der Waals surface area (Å²) in [6, 6.07) is 4.64. The summed E-state index contributed by atoms with van der Waals surface area (Å²) in [5.74, 6) is 0.590. The van der Waals surface area contributed by atoms with Crippen LogP contribution in [-0.4, -0.2) is 43.1 Å². The second kappa shape index (κ2) is 4.70. The molecule has 2 N–H and O–H groups in total. The Hall–Kier alpha value is -1.29. The summed E-state index contributed by atoms with van der Waals surface area (Å²) in [4.78, 5) is 8.83. The minimum absolute atomic E-state index is 0.590. The molecule has 0 radical (unpaired) electrons. The number of rotatable bonds is 2. The van der Waals surface area contributed by atoms with Crippen molar-refractivity contribution in [2.45, 2.75) is 18.9 Å². The molecule has 88 valence electrons. The lowest BCUT2D eigenvalue weighted by Crippen LogP contribution is -2.42. The second-order valence-corrected chi connectivity index (χ2v) is 4.62. The minimum atomic E-state index is 0.590. The third-order valence-corrected chi connectivity index (χ3v) is 3.33. The molecule has 2 rings (SSSR count). The van der Waals surface area contributed by atoms with Crippen LogP contribution in [0.25, 0.3) is 0 Å². The first kappa shape index (κ1) is 11.2. The Bertz CT molecular complexity index is 325. The van der Waals surface area contributed by atoms with E-state index in [0.717, 1.165) is 19.1 Å². The SMILES string of the molecule is CN(C)C1CCN(c2ccc(N)nc2)CC1. The van der Waals surface area contributed by atoms with Gasteiger partial charge in [0.25, 0.3) is 0 Å². The zero-order valence-electron chi connectivity index (χ0n) is 10.1. The van der Waals surface area contributed by atoms with E-state index in [4.69, 9.17) is 5.73 Å². The molecule has 1 aliphatic rings. The van der Waals surface area contributed by atoms with E-state index < -0.39 is 0 Å². The quantitative estimate of drug-likeness (QED) is 0.813. The number of hydrogen-bond donors (Lipinski definition) is 1. The first-order valence-corrected chi connectivity index (χ1v) is 5.80. The van der Waals surface area contributed by atoms with Gasteiger partial charge >= 0.3 is 0 Å². The van der Waals surface area contributed by atoms with Gasteiger partial charge in [-0.25, -0.2) is 4.98 Å². The zero-order valence-corrected chi connectivity index (χ0v) is 10.1. The second-order valence-electron chi connectivity index (χ2n) is 4.62. The van der Waals surface area contributed by atoms with Gasteiger partial charge in [-0.2, -0.15) is 0 Å². The molecule has 0 unspecified atom stereocenters. The normalized spacial score (nSPS) is 18.1. The Morgan fingerprint density at radius 2 is 2.00 bits per heavy atom. The summed E-state index contributed by atoms with van der Waals surface area (Å²) in [7, 11) is 4.32. The van der Waals surface area contributed by atoms with Gasteiger partial charge in [0, 0.05) is 19.1 Å². The highest BCUT2D eigenvalue weighted by Crippen LogP contribution is 2.21. The number of aromatic nitrogens is 1. The molecule has 1 saturated heterocycles. The van der Waals surface area contributed by atoms with Crippen molar-refractivity contribution in [3.63, 3.8) is 0 Å². The van der Waals surface area contributed by atoms with Crippen molar-refractivity contribution < 1.29 is 0 Å². The van der Waals surface area contributed by atoms with Crippen molar-refractivity contribution in [2.24, 2.45) is 0 Å². The van der Waals surface area contributed by atoms with Crippen LogP contribution in [0.1, 0.15) is 12.8 Å². The number of piperidine rings is 1. The lowest BCUT2D eigenvalue weighted by atomic mass is 10.0. The smallest absolute Gasteiger partial charge is 0.123 e. The van der Waals surface area contributed by atoms with E-state index in [2.05, 4.69) is 34.9 Å². The zero-order chi connectivity index (χ0) is 11.5. The van der Waals surface area contributed by atoms with E-state index in [1.165, 1.54) is 18.5 Å². The molecule has 0 aromatic carbocycles. The van der Waals surface area contributed by atoms with Crippen LogP contribution in [0, 0.1) is 0 Å². The van der Waals surface area contributed by atoms with Gasteiger partial charge in [-0.3, -0.25) is 0 Å². The molecule has 4 nitrogen and oxygen atoms in total. The highest BCUT2D eigenvalue weighted by atomic mass is 15.2. The molecule has 1 aliphatic heterocycles. The van der Waals surface area contributed by atoms with Crippen molar-refractivity contribution in [2.75, 3.05) is 37.8 Å². The van der Waals surface area contributed by atoms with Crippen molar-refractivity contribution >= 4 is 11.5 Å². The van der Waals surface area contributed by atoms with E-state index in [0.29, 0.717) is 5.82 Å². The molecule has 0 spiro atoms. The fraction of sp³-hybridized carbons (Fsp3) is 0.583. The van der Waals surface area contributed by atoms with Crippen LogP contribution in [0.4, 0.5) is 11.5 Å². The molecule has 0 bridgehead atoms.